The van der Waals surface area contributed by atoms with Gasteiger partial charge in [0.25, 0.3) is 0 Å². The van der Waals surface area contributed by atoms with Crippen LogP contribution >= 0.6 is 0 Å². The van der Waals surface area contributed by atoms with Gasteiger partial charge in [-0.15, -0.1) is 0 Å². The van der Waals surface area contributed by atoms with Crippen LogP contribution in [-0.4, -0.2) is 43.1 Å². The van der Waals surface area contributed by atoms with E-state index in [1.165, 1.54) is 12.1 Å². The van der Waals surface area contributed by atoms with Crippen LogP contribution in [0, 0.1) is 5.82 Å². The molecule has 1 aliphatic rings. The minimum Gasteiger partial charge on any atom is -0.370 e. The fourth-order valence-electron chi connectivity index (χ4n) is 2.21. The van der Waals surface area contributed by atoms with Crippen LogP contribution in [-0.2, 0) is 9.53 Å². The Morgan fingerprint density at radius 2 is 2.10 bits per heavy atom. The molecule has 1 fully saturated rings. The molecule has 0 saturated carbocycles. The van der Waals surface area contributed by atoms with Crippen LogP contribution in [0.15, 0.2) is 24.3 Å². The molecular formula is C14H18FN3O3. The molecule has 1 aromatic rings. The highest BCUT2D eigenvalue weighted by molar-refractivity contribution is 5.78. The number of nitrogens with two attached hydrogens (primary N) is 1. The van der Waals surface area contributed by atoms with Gasteiger partial charge in [-0.2, -0.15) is 0 Å². The van der Waals surface area contributed by atoms with E-state index in [9.17, 15) is 14.0 Å². The van der Waals surface area contributed by atoms with Gasteiger partial charge in [0.15, 0.2) is 0 Å². The van der Waals surface area contributed by atoms with Crippen LogP contribution in [0.1, 0.15) is 18.1 Å². The number of hydrogen-bond donors (Lipinski definition) is 2. The number of carbonyl (C=O) groups excluding carboxylic acids is 2. The largest absolute Gasteiger partial charge is 0.370 e. The van der Waals surface area contributed by atoms with Crippen molar-refractivity contribution in [2.75, 3.05) is 26.2 Å². The highest BCUT2D eigenvalue weighted by atomic mass is 19.1. The van der Waals surface area contributed by atoms with Gasteiger partial charge >= 0.3 is 6.03 Å². The van der Waals surface area contributed by atoms with Crippen molar-refractivity contribution in [3.8, 4) is 0 Å². The van der Waals surface area contributed by atoms with E-state index in [1.807, 2.05) is 0 Å². The van der Waals surface area contributed by atoms with Crippen molar-refractivity contribution < 1.29 is 18.7 Å². The zero-order chi connectivity index (χ0) is 15.2. The number of rotatable bonds is 4. The van der Waals surface area contributed by atoms with Crippen LogP contribution in [0.3, 0.4) is 0 Å². The Labute approximate surface area is 122 Å². The normalized spacial score (nSPS) is 18.3. The maximum Gasteiger partial charge on any atom is 0.312 e. The Morgan fingerprint density at radius 1 is 1.38 bits per heavy atom. The summed E-state index contributed by atoms with van der Waals surface area (Å²) in [4.78, 5) is 24.3. The highest BCUT2D eigenvalue weighted by Crippen LogP contribution is 2.22. The van der Waals surface area contributed by atoms with Crippen LogP contribution in [0.25, 0.3) is 0 Å². The molecule has 6 nitrogen and oxygen atoms in total. The maximum atomic E-state index is 12.9. The van der Waals surface area contributed by atoms with Gasteiger partial charge in [-0.1, -0.05) is 12.1 Å². The molecule has 1 aromatic carbocycles. The number of benzene rings is 1. The molecule has 0 radical (unpaired) electrons. The van der Waals surface area contributed by atoms with Crippen LogP contribution in [0.4, 0.5) is 9.18 Å². The quantitative estimate of drug-likeness (QED) is 0.861. The minimum atomic E-state index is -0.644. The van der Waals surface area contributed by atoms with Crippen molar-refractivity contribution in [1.82, 2.24) is 10.2 Å². The molecule has 0 aromatic heterocycles. The summed E-state index contributed by atoms with van der Waals surface area (Å²) < 4.78 is 18.5. The number of nitrogens with zero attached hydrogens (tertiary/aromatic N) is 1. The lowest BCUT2D eigenvalue weighted by atomic mass is 10.1. The van der Waals surface area contributed by atoms with Gasteiger partial charge in [0, 0.05) is 19.5 Å². The fraction of sp³-hybridized carbons (Fsp3) is 0.429. The molecule has 1 aliphatic heterocycles. The number of urea groups is 1. The second kappa shape index (κ2) is 7.03. The summed E-state index contributed by atoms with van der Waals surface area (Å²) >= 11 is 0. The fourth-order valence-corrected chi connectivity index (χ4v) is 2.21. The number of hydrogen-bond acceptors (Lipinski definition) is 3. The van der Waals surface area contributed by atoms with Crippen molar-refractivity contribution in [2.45, 2.75) is 12.5 Å². The molecule has 0 aliphatic carbocycles. The van der Waals surface area contributed by atoms with Gasteiger partial charge in [0.05, 0.1) is 13.2 Å². The van der Waals surface area contributed by atoms with E-state index in [2.05, 4.69) is 5.32 Å². The third-order valence-electron chi connectivity index (χ3n) is 3.30. The smallest absolute Gasteiger partial charge is 0.312 e. The van der Waals surface area contributed by atoms with Crippen molar-refractivity contribution in [1.29, 1.82) is 0 Å². The summed E-state index contributed by atoms with van der Waals surface area (Å²) in [6.07, 6.45) is -0.0635. The van der Waals surface area contributed by atoms with E-state index in [0.29, 0.717) is 19.7 Å². The number of halogens is 1. The van der Waals surface area contributed by atoms with Gasteiger partial charge in [-0.25, -0.2) is 9.18 Å². The van der Waals surface area contributed by atoms with Crippen molar-refractivity contribution >= 4 is 11.9 Å². The SMILES string of the molecule is NC(=O)NCCC(=O)N1CCO[C@H](c2ccc(F)cc2)C1. The van der Waals surface area contributed by atoms with Gasteiger partial charge in [0.1, 0.15) is 11.9 Å². The second-order valence-electron chi connectivity index (χ2n) is 4.79. The van der Waals surface area contributed by atoms with Gasteiger partial charge in [-0.3, -0.25) is 4.79 Å². The number of primary amides is 1. The van der Waals surface area contributed by atoms with E-state index in [1.54, 1.807) is 17.0 Å². The van der Waals surface area contributed by atoms with Crippen LogP contribution in [0.5, 0.6) is 0 Å². The standard InChI is InChI=1S/C14H18FN3O3/c15-11-3-1-10(2-4-11)12-9-18(7-8-21-12)13(19)5-6-17-14(16)20/h1-4,12H,5-9H2,(H3,16,17,20)/t12-/m0/s1. The summed E-state index contributed by atoms with van der Waals surface area (Å²) in [5.41, 5.74) is 5.78. The first kappa shape index (κ1) is 15.2. The molecule has 2 rings (SSSR count). The van der Waals surface area contributed by atoms with E-state index >= 15 is 0 Å². The summed E-state index contributed by atoms with van der Waals surface area (Å²) in [5, 5.41) is 2.38. The number of ether oxygens (including phenoxy) is 1. The van der Waals surface area contributed by atoms with E-state index in [4.69, 9.17) is 10.5 Å². The molecule has 7 heteroatoms. The molecule has 1 atom stereocenters. The molecule has 21 heavy (non-hydrogen) atoms. The van der Waals surface area contributed by atoms with Gasteiger partial charge in [-0.05, 0) is 17.7 Å². The van der Waals surface area contributed by atoms with Crippen molar-refractivity contribution in [3.63, 3.8) is 0 Å². The first-order chi connectivity index (χ1) is 10.1. The first-order valence-electron chi connectivity index (χ1n) is 6.74. The third-order valence-corrected chi connectivity index (χ3v) is 3.30. The average molecular weight is 295 g/mol. The predicted octanol–water partition coefficient (Wildman–Crippen LogP) is 0.784. The summed E-state index contributed by atoms with van der Waals surface area (Å²) in [6, 6.07) is 5.41. The first-order valence-corrected chi connectivity index (χ1v) is 6.74. The van der Waals surface area contributed by atoms with E-state index in [0.717, 1.165) is 5.56 Å². The van der Waals surface area contributed by atoms with Gasteiger partial charge in [0.2, 0.25) is 5.91 Å². The van der Waals surface area contributed by atoms with Crippen molar-refractivity contribution in [2.24, 2.45) is 5.73 Å². The average Bonchev–Trinajstić information content (AvgIpc) is 2.47. The Morgan fingerprint density at radius 3 is 2.76 bits per heavy atom. The number of nitrogens with one attached hydrogen (secondary N) is 1. The lowest BCUT2D eigenvalue weighted by molar-refractivity contribution is -0.138. The number of morpholine rings is 1. The Hall–Kier alpha value is -2.15. The molecule has 1 saturated heterocycles. The molecule has 3 N–H and O–H groups in total. The van der Waals surface area contributed by atoms with Gasteiger partial charge < -0.3 is 20.7 Å². The zero-order valence-electron chi connectivity index (χ0n) is 11.5. The lowest BCUT2D eigenvalue weighted by Crippen LogP contribution is -2.43. The molecule has 114 valence electrons. The van der Waals surface area contributed by atoms with Crippen LogP contribution < -0.4 is 11.1 Å². The molecule has 0 bridgehead atoms. The summed E-state index contributed by atoms with van der Waals surface area (Å²) in [7, 11) is 0. The number of carbonyl (C=O) groups is 2. The Kier molecular flexibility index (Phi) is 5.10. The zero-order valence-corrected chi connectivity index (χ0v) is 11.5. The number of amides is 3. The predicted molar refractivity (Wildman–Crippen MR) is 73.9 cm³/mol. The molecule has 1 heterocycles. The van der Waals surface area contributed by atoms with Crippen LogP contribution in [0.2, 0.25) is 0 Å². The Bertz CT molecular complexity index is 507. The molecule has 3 amide bonds. The van der Waals surface area contributed by atoms with E-state index < -0.39 is 6.03 Å². The third kappa shape index (κ3) is 4.42. The Balaban J connectivity index is 1.89. The summed E-state index contributed by atoms with van der Waals surface area (Å²) in [5.74, 6) is -0.376. The summed E-state index contributed by atoms with van der Waals surface area (Å²) in [6.45, 7) is 1.57. The molecular weight excluding hydrogens is 277 g/mol. The monoisotopic (exact) mass is 295 g/mol. The topological polar surface area (TPSA) is 84.7 Å². The molecule has 0 spiro atoms. The second-order valence-corrected chi connectivity index (χ2v) is 4.79. The highest BCUT2D eigenvalue weighted by Gasteiger charge is 2.25. The maximum absolute atomic E-state index is 12.9. The molecule has 0 unspecified atom stereocenters. The van der Waals surface area contributed by atoms with E-state index in [-0.39, 0.29) is 30.8 Å². The minimum absolute atomic E-state index is 0.0702. The lowest BCUT2D eigenvalue weighted by Gasteiger charge is -2.33. The van der Waals surface area contributed by atoms with Crippen molar-refractivity contribution in [3.05, 3.63) is 35.6 Å².